The van der Waals surface area contributed by atoms with Crippen LogP contribution in [-0.2, 0) is 9.59 Å². The molecule has 2 unspecified atom stereocenters. The van der Waals surface area contributed by atoms with Crippen LogP contribution in [0.3, 0.4) is 0 Å². The molecule has 0 radical (unpaired) electrons. The summed E-state index contributed by atoms with van der Waals surface area (Å²) >= 11 is 1.59. The van der Waals surface area contributed by atoms with E-state index >= 15 is 0 Å². The van der Waals surface area contributed by atoms with Crippen LogP contribution in [0.15, 0.2) is 48.5 Å². The second-order valence-corrected chi connectivity index (χ2v) is 8.76. The first-order valence-corrected chi connectivity index (χ1v) is 12.2. The molecule has 2 amide bonds. The molecule has 1 N–H and O–H groups in total. The summed E-state index contributed by atoms with van der Waals surface area (Å²) in [6.45, 7) is 6.68. The molecule has 2 aromatic rings. The van der Waals surface area contributed by atoms with Crippen LogP contribution < -0.4 is 15.0 Å². The van der Waals surface area contributed by atoms with E-state index in [0.29, 0.717) is 18.1 Å². The number of nitrogens with zero attached hydrogens (tertiary/aromatic N) is 1. The highest BCUT2D eigenvalue weighted by molar-refractivity contribution is 8.00. The van der Waals surface area contributed by atoms with Crippen LogP contribution >= 0.6 is 11.8 Å². The molecule has 0 aromatic heterocycles. The average molecular weight is 441 g/mol. The van der Waals surface area contributed by atoms with Crippen LogP contribution in [0.5, 0.6) is 5.75 Å². The number of carbonyl (C=O) groups is 2. The Hall–Kier alpha value is -2.47. The molecule has 5 nitrogen and oxygen atoms in total. The number of para-hydroxylation sites is 2. The Morgan fingerprint density at radius 2 is 2.00 bits per heavy atom. The van der Waals surface area contributed by atoms with Crippen molar-refractivity contribution in [2.45, 2.75) is 51.8 Å². The van der Waals surface area contributed by atoms with Gasteiger partial charge in [0.15, 0.2) is 0 Å². The van der Waals surface area contributed by atoms with Gasteiger partial charge in [-0.3, -0.25) is 14.5 Å². The van der Waals surface area contributed by atoms with E-state index in [4.69, 9.17) is 4.74 Å². The van der Waals surface area contributed by atoms with Crippen molar-refractivity contribution in [1.82, 2.24) is 0 Å². The highest BCUT2D eigenvalue weighted by Gasteiger charge is 2.35. The zero-order chi connectivity index (χ0) is 22.2. The molecule has 0 aliphatic carbocycles. The zero-order valence-electron chi connectivity index (χ0n) is 18.6. The largest absolute Gasteiger partial charge is 0.492 e. The van der Waals surface area contributed by atoms with Crippen LogP contribution in [0.2, 0.25) is 0 Å². The maximum absolute atomic E-state index is 12.8. The lowest BCUT2D eigenvalue weighted by Crippen LogP contribution is -2.28. The van der Waals surface area contributed by atoms with E-state index < -0.39 is 0 Å². The minimum absolute atomic E-state index is 0.0283. The van der Waals surface area contributed by atoms with Gasteiger partial charge in [0.1, 0.15) is 11.1 Å². The summed E-state index contributed by atoms with van der Waals surface area (Å²) in [6, 6.07) is 15.5. The molecule has 1 aliphatic rings. The number of nitrogens with one attached hydrogen (secondary N) is 1. The highest BCUT2D eigenvalue weighted by Crippen LogP contribution is 2.45. The molecule has 2 atom stereocenters. The SMILES string of the molecule is CCCCC(CC)C(=O)Nc1cccc(C2SCC(=O)N2c2ccccc2OCC)c1. The third-order valence-corrected chi connectivity index (χ3v) is 6.71. The van der Waals surface area contributed by atoms with Gasteiger partial charge in [0.25, 0.3) is 0 Å². The van der Waals surface area contributed by atoms with Crippen LogP contribution in [0, 0.1) is 5.92 Å². The van der Waals surface area contributed by atoms with Crippen molar-refractivity contribution in [2.24, 2.45) is 5.92 Å². The summed E-state index contributed by atoms with van der Waals surface area (Å²) in [5.74, 6) is 1.28. The number of ether oxygens (including phenoxy) is 1. The van der Waals surface area contributed by atoms with Gasteiger partial charge in [-0.1, -0.05) is 51.0 Å². The van der Waals surface area contributed by atoms with Gasteiger partial charge in [-0.15, -0.1) is 11.8 Å². The Kier molecular flexibility index (Phi) is 8.41. The molecular formula is C25H32N2O3S. The summed E-state index contributed by atoms with van der Waals surface area (Å²) < 4.78 is 5.77. The third-order valence-electron chi connectivity index (χ3n) is 5.50. The normalized spacial score (nSPS) is 16.9. The van der Waals surface area contributed by atoms with Crippen LogP contribution in [0.1, 0.15) is 57.4 Å². The van der Waals surface area contributed by atoms with Gasteiger partial charge in [-0.25, -0.2) is 0 Å². The third kappa shape index (κ3) is 5.62. The Bertz CT molecular complexity index is 902. The van der Waals surface area contributed by atoms with E-state index in [1.54, 1.807) is 11.8 Å². The molecule has 3 rings (SSSR count). The van der Waals surface area contributed by atoms with Crippen molar-refractivity contribution >= 4 is 35.0 Å². The first-order valence-electron chi connectivity index (χ1n) is 11.1. The molecule has 31 heavy (non-hydrogen) atoms. The molecular weight excluding hydrogens is 408 g/mol. The van der Waals surface area contributed by atoms with Crippen LogP contribution in [0.25, 0.3) is 0 Å². The van der Waals surface area contributed by atoms with E-state index in [1.807, 2.05) is 60.4 Å². The highest BCUT2D eigenvalue weighted by atomic mass is 32.2. The predicted molar refractivity (Wildman–Crippen MR) is 129 cm³/mol. The van der Waals surface area contributed by atoms with E-state index in [-0.39, 0.29) is 23.1 Å². The van der Waals surface area contributed by atoms with Gasteiger partial charge in [-0.05, 0) is 49.6 Å². The fourth-order valence-corrected chi connectivity index (χ4v) is 5.01. The first-order chi connectivity index (χ1) is 15.1. The first kappa shape index (κ1) is 23.2. The van der Waals surface area contributed by atoms with Gasteiger partial charge < -0.3 is 10.1 Å². The lowest BCUT2D eigenvalue weighted by atomic mass is 9.98. The summed E-state index contributed by atoms with van der Waals surface area (Å²) in [5.41, 5.74) is 2.54. The Morgan fingerprint density at radius 3 is 2.74 bits per heavy atom. The number of hydrogen-bond acceptors (Lipinski definition) is 4. The summed E-state index contributed by atoms with van der Waals surface area (Å²) in [7, 11) is 0. The molecule has 0 saturated carbocycles. The standard InChI is InChI=1S/C25H32N2O3S/c1-4-7-11-18(5-2)24(29)26-20-13-10-12-19(16-20)25-27(23(28)17-31-25)21-14-8-9-15-22(21)30-6-3/h8-10,12-16,18,25H,4-7,11,17H2,1-3H3,(H,26,29). The molecule has 2 aromatic carbocycles. The summed E-state index contributed by atoms with van der Waals surface area (Å²) in [5, 5.41) is 2.93. The van der Waals surface area contributed by atoms with Crippen molar-refractivity contribution in [2.75, 3.05) is 22.6 Å². The van der Waals surface area contributed by atoms with Gasteiger partial charge >= 0.3 is 0 Å². The number of unbranched alkanes of at least 4 members (excludes halogenated alkanes) is 1. The summed E-state index contributed by atoms with van der Waals surface area (Å²) in [4.78, 5) is 27.3. The van der Waals surface area contributed by atoms with Crippen molar-refractivity contribution in [3.05, 3.63) is 54.1 Å². The van der Waals surface area contributed by atoms with Gasteiger partial charge in [0.2, 0.25) is 11.8 Å². The number of amides is 2. The fraction of sp³-hybridized carbons (Fsp3) is 0.440. The number of thioether (sulfide) groups is 1. The topological polar surface area (TPSA) is 58.6 Å². The van der Waals surface area contributed by atoms with E-state index in [2.05, 4.69) is 19.2 Å². The average Bonchev–Trinajstić information content (AvgIpc) is 3.16. The zero-order valence-corrected chi connectivity index (χ0v) is 19.4. The molecule has 1 heterocycles. The molecule has 1 saturated heterocycles. The van der Waals surface area contributed by atoms with E-state index in [1.165, 1.54) is 0 Å². The summed E-state index contributed by atoms with van der Waals surface area (Å²) in [6.07, 6.45) is 3.89. The lowest BCUT2D eigenvalue weighted by molar-refractivity contribution is -0.120. The second kappa shape index (κ2) is 11.2. The van der Waals surface area contributed by atoms with Crippen molar-refractivity contribution < 1.29 is 14.3 Å². The Labute approximate surface area is 189 Å². The fourth-order valence-electron chi connectivity index (χ4n) is 3.85. The maximum atomic E-state index is 12.8. The van der Waals surface area contributed by atoms with E-state index in [0.717, 1.165) is 42.6 Å². The smallest absolute Gasteiger partial charge is 0.238 e. The molecule has 0 spiro atoms. The monoisotopic (exact) mass is 440 g/mol. The molecule has 1 aliphatic heterocycles. The van der Waals surface area contributed by atoms with Gasteiger partial charge in [-0.2, -0.15) is 0 Å². The molecule has 0 bridgehead atoms. The minimum atomic E-state index is -0.159. The van der Waals surface area contributed by atoms with Gasteiger partial charge in [0.05, 0.1) is 18.0 Å². The van der Waals surface area contributed by atoms with Crippen LogP contribution in [-0.4, -0.2) is 24.2 Å². The van der Waals surface area contributed by atoms with E-state index in [9.17, 15) is 9.59 Å². The van der Waals surface area contributed by atoms with Gasteiger partial charge in [0, 0.05) is 11.6 Å². The van der Waals surface area contributed by atoms with Crippen LogP contribution in [0.4, 0.5) is 11.4 Å². The predicted octanol–water partition coefficient (Wildman–Crippen LogP) is 6.02. The second-order valence-electron chi connectivity index (χ2n) is 7.69. The quantitative estimate of drug-likeness (QED) is 0.491. The maximum Gasteiger partial charge on any atom is 0.238 e. The molecule has 1 fully saturated rings. The van der Waals surface area contributed by atoms with Crippen molar-refractivity contribution in [3.63, 3.8) is 0 Å². The Morgan fingerprint density at radius 1 is 1.19 bits per heavy atom. The van der Waals surface area contributed by atoms with Crippen molar-refractivity contribution in [1.29, 1.82) is 0 Å². The number of carbonyl (C=O) groups excluding carboxylic acids is 2. The van der Waals surface area contributed by atoms with Crippen molar-refractivity contribution in [3.8, 4) is 5.75 Å². The molecule has 166 valence electrons. The number of rotatable bonds is 10. The number of benzene rings is 2. The number of anilines is 2. The minimum Gasteiger partial charge on any atom is -0.492 e. The number of hydrogen-bond donors (Lipinski definition) is 1. The lowest BCUT2D eigenvalue weighted by Gasteiger charge is -2.26. The Balaban J connectivity index is 1.83. The molecule has 6 heteroatoms.